The second-order valence-electron chi connectivity index (χ2n) is 6.73. The number of methoxy groups -OCH3 is 1. The van der Waals surface area contributed by atoms with E-state index in [1.54, 1.807) is 7.11 Å². The van der Waals surface area contributed by atoms with Crippen molar-refractivity contribution in [3.05, 3.63) is 35.6 Å². The van der Waals surface area contributed by atoms with Gasteiger partial charge in [-0.15, -0.1) is 0 Å². The molecule has 1 aliphatic rings. The lowest BCUT2D eigenvalue weighted by molar-refractivity contribution is 0.0851. The standard InChI is InChI=1S/C19H26N2O3/c1-21(2)16-10-6-5-9-15(16)20-19(22)18-14(12-23-3)13-8-4-7-11-17(13)24-18/h4,7-8,11,15-16H,5-6,9-10,12H2,1-3H3,(H,20,22)/t15-,16-/m0/s1. The van der Waals surface area contributed by atoms with Gasteiger partial charge in [0, 0.05) is 30.1 Å². The van der Waals surface area contributed by atoms with Crippen molar-refractivity contribution < 1.29 is 13.9 Å². The minimum Gasteiger partial charge on any atom is -0.451 e. The molecule has 1 aromatic heterocycles. The van der Waals surface area contributed by atoms with Gasteiger partial charge in [-0.25, -0.2) is 0 Å². The fraction of sp³-hybridized carbons (Fsp3) is 0.526. The number of fused-ring (bicyclic) bond motifs is 1. The van der Waals surface area contributed by atoms with Crippen LogP contribution in [0.5, 0.6) is 0 Å². The summed E-state index contributed by atoms with van der Waals surface area (Å²) in [7, 11) is 5.78. The quantitative estimate of drug-likeness (QED) is 0.915. The van der Waals surface area contributed by atoms with Gasteiger partial charge < -0.3 is 19.4 Å². The van der Waals surface area contributed by atoms with Crippen LogP contribution in [0.3, 0.4) is 0 Å². The fourth-order valence-corrected chi connectivity index (χ4v) is 3.70. The highest BCUT2D eigenvalue weighted by Crippen LogP contribution is 2.28. The maximum Gasteiger partial charge on any atom is 0.287 e. The maximum atomic E-state index is 12.9. The normalized spacial score (nSPS) is 21.3. The lowest BCUT2D eigenvalue weighted by Gasteiger charge is -2.36. The van der Waals surface area contributed by atoms with Crippen LogP contribution in [-0.2, 0) is 11.3 Å². The van der Waals surface area contributed by atoms with Gasteiger partial charge in [0.15, 0.2) is 5.76 Å². The van der Waals surface area contributed by atoms with Crippen LogP contribution in [0.15, 0.2) is 28.7 Å². The Labute approximate surface area is 143 Å². The predicted molar refractivity (Wildman–Crippen MR) is 94.1 cm³/mol. The second-order valence-corrected chi connectivity index (χ2v) is 6.73. The van der Waals surface area contributed by atoms with E-state index in [1.807, 2.05) is 24.3 Å². The lowest BCUT2D eigenvalue weighted by atomic mass is 9.89. The van der Waals surface area contributed by atoms with Gasteiger partial charge in [-0.1, -0.05) is 31.0 Å². The van der Waals surface area contributed by atoms with Crippen molar-refractivity contribution in [1.29, 1.82) is 0 Å². The molecule has 3 rings (SSSR count). The molecule has 0 saturated heterocycles. The number of furan rings is 1. The molecule has 130 valence electrons. The molecular formula is C19H26N2O3. The SMILES string of the molecule is COCc1c(C(=O)N[C@H]2CCCC[C@@H]2N(C)C)oc2ccccc12. The number of hydrogen-bond donors (Lipinski definition) is 1. The molecule has 5 heteroatoms. The van der Waals surface area contributed by atoms with Gasteiger partial charge in [0.2, 0.25) is 0 Å². The number of likely N-dealkylation sites (N-methyl/N-ethyl adjacent to an activating group) is 1. The number of nitrogens with one attached hydrogen (secondary N) is 1. The summed E-state index contributed by atoms with van der Waals surface area (Å²) >= 11 is 0. The van der Waals surface area contributed by atoms with Gasteiger partial charge in [-0.3, -0.25) is 4.79 Å². The summed E-state index contributed by atoms with van der Waals surface area (Å²) in [4.78, 5) is 15.1. The molecule has 1 N–H and O–H groups in total. The highest BCUT2D eigenvalue weighted by atomic mass is 16.5. The van der Waals surface area contributed by atoms with Crippen LogP contribution in [0.4, 0.5) is 0 Å². The van der Waals surface area contributed by atoms with Crippen LogP contribution >= 0.6 is 0 Å². The zero-order valence-corrected chi connectivity index (χ0v) is 14.7. The number of rotatable bonds is 5. The summed E-state index contributed by atoms with van der Waals surface area (Å²) in [6.45, 7) is 0.363. The first-order chi connectivity index (χ1) is 11.6. The van der Waals surface area contributed by atoms with E-state index < -0.39 is 0 Å². The molecule has 1 heterocycles. The Kier molecular flexibility index (Phi) is 5.21. The zero-order valence-electron chi connectivity index (χ0n) is 14.7. The molecule has 5 nitrogen and oxygen atoms in total. The average Bonchev–Trinajstić information content (AvgIpc) is 2.94. The third kappa shape index (κ3) is 3.32. The predicted octanol–water partition coefficient (Wildman–Crippen LogP) is 3.18. The van der Waals surface area contributed by atoms with E-state index >= 15 is 0 Å². The minimum atomic E-state index is -0.142. The number of carbonyl (C=O) groups excluding carboxylic acids is 1. The lowest BCUT2D eigenvalue weighted by Crippen LogP contribution is -2.51. The molecule has 1 aliphatic carbocycles. The third-order valence-corrected chi connectivity index (χ3v) is 4.90. The van der Waals surface area contributed by atoms with Gasteiger partial charge in [0.1, 0.15) is 5.58 Å². The smallest absolute Gasteiger partial charge is 0.287 e. The molecule has 0 unspecified atom stereocenters. The Balaban J connectivity index is 1.86. The van der Waals surface area contributed by atoms with Gasteiger partial charge in [0.05, 0.1) is 6.61 Å². The zero-order chi connectivity index (χ0) is 17.1. The first-order valence-corrected chi connectivity index (χ1v) is 8.58. The highest BCUT2D eigenvalue weighted by molar-refractivity contribution is 5.99. The Bertz CT molecular complexity index is 708. The summed E-state index contributed by atoms with van der Waals surface area (Å²) in [5.74, 6) is 0.234. The van der Waals surface area contributed by atoms with E-state index in [-0.39, 0.29) is 11.9 Å². The summed E-state index contributed by atoms with van der Waals surface area (Å²) in [5.41, 5.74) is 1.55. The Morgan fingerprint density at radius 2 is 2.04 bits per heavy atom. The summed E-state index contributed by atoms with van der Waals surface area (Å²) in [6.07, 6.45) is 4.49. The maximum absolute atomic E-state index is 12.9. The van der Waals surface area contributed by atoms with Crippen LogP contribution in [0.1, 0.15) is 41.8 Å². The van der Waals surface area contributed by atoms with Crippen molar-refractivity contribution in [2.24, 2.45) is 0 Å². The number of carbonyl (C=O) groups is 1. The topological polar surface area (TPSA) is 54.7 Å². The van der Waals surface area contributed by atoms with Crippen LogP contribution in [-0.4, -0.2) is 44.1 Å². The van der Waals surface area contributed by atoms with E-state index in [2.05, 4.69) is 24.3 Å². The van der Waals surface area contributed by atoms with E-state index in [0.29, 0.717) is 18.4 Å². The average molecular weight is 330 g/mol. The number of amides is 1. The molecule has 0 aliphatic heterocycles. The molecule has 1 fully saturated rings. The molecule has 1 saturated carbocycles. The first-order valence-electron chi connectivity index (χ1n) is 8.58. The molecule has 0 radical (unpaired) electrons. The number of nitrogens with zero attached hydrogens (tertiary/aromatic N) is 1. The molecule has 24 heavy (non-hydrogen) atoms. The first kappa shape index (κ1) is 17.0. The molecule has 1 amide bonds. The molecule has 0 spiro atoms. The van der Waals surface area contributed by atoms with Crippen molar-refractivity contribution in [3.8, 4) is 0 Å². The van der Waals surface area contributed by atoms with Gasteiger partial charge in [-0.2, -0.15) is 0 Å². The van der Waals surface area contributed by atoms with E-state index in [4.69, 9.17) is 9.15 Å². The van der Waals surface area contributed by atoms with Crippen LogP contribution in [0.25, 0.3) is 11.0 Å². The van der Waals surface area contributed by atoms with Gasteiger partial charge >= 0.3 is 0 Å². The van der Waals surface area contributed by atoms with Crippen molar-refractivity contribution in [2.75, 3.05) is 21.2 Å². The Morgan fingerprint density at radius 1 is 1.29 bits per heavy atom. The third-order valence-electron chi connectivity index (χ3n) is 4.90. The minimum absolute atomic E-state index is 0.142. The second kappa shape index (κ2) is 7.36. The molecule has 2 aromatic rings. The largest absolute Gasteiger partial charge is 0.451 e. The van der Waals surface area contributed by atoms with Gasteiger partial charge in [-0.05, 0) is 33.0 Å². The molecule has 2 atom stereocenters. The van der Waals surface area contributed by atoms with Crippen molar-refractivity contribution in [1.82, 2.24) is 10.2 Å². The molecule has 1 aromatic carbocycles. The summed E-state index contributed by atoms with van der Waals surface area (Å²) in [6, 6.07) is 8.24. The Morgan fingerprint density at radius 3 is 2.79 bits per heavy atom. The van der Waals surface area contributed by atoms with Gasteiger partial charge in [0.25, 0.3) is 5.91 Å². The van der Waals surface area contributed by atoms with Crippen LogP contribution < -0.4 is 5.32 Å². The van der Waals surface area contributed by atoms with E-state index in [9.17, 15) is 4.79 Å². The van der Waals surface area contributed by atoms with Crippen LogP contribution in [0, 0.1) is 0 Å². The summed E-state index contributed by atoms with van der Waals surface area (Å²) in [5, 5.41) is 4.14. The van der Waals surface area contributed by atoms with Crippen LogP contribution in [0.2, 0.25) is 0 Å². The molecular weight excluding hydrogens is 304 g/mol. The van der Waals surface area contributed by atoms with Crippen molar-refractivity contribution in [2.45, 2.75) is 44.4 Å². The Hall–Kier alpha value is -1.85. The monoisotopic (exact) mass is 330 g/mol. The number of hydrogen-bond acceptors (Lipinski definition) is 4. The fourth-order valence-electron chi connectivity index (χ4n) is 3.70. The summed E-state index contributed by atoms with van der Waals surface area (Å²) < 4.78 is 11.1. The number of para-hydroxylation sites is 1. The van der Waals surface area contributed by atoms with Crippen molar-refractivity contribution in [3.63, 3.8) is 0 Å². The highest BCUT2D eigenvalue weighted by Gasteiger charge is 2.30. The van der Waals surface area contributed by atoms with Crippen molar-refractivity contribution >= 4 is 16.9 Å². The number of benzene rings is 1. The number of ether oxygens (including phenoxy) is 1. The van der Waals surface area contributed by atoms with E-state index in [0.717, 1.165) is 35.8 Å². The molecule has 0 bridgehead atoms. The van der Waals surface area contributed by atoms with E-state index in [1.165, 1.54) is 6.42 Å².